The highest BCUT2D eigenvalue weighted by Gasteiger charge is 2.11. The fourth-order valence-electron chi connectivity index (χ4n) is 2.50. The molecule has 0 aliphatic heterocycles. The summed E-state index contributed by atoms with van der Waals surface area (Å²) in [6, 6.07) is 16.6. The molecule has 3 aromatic carbocycles. The first-order valence-corrected chi connectivity index (χ1v) is 9.45. The fraction of sp³-hybridized carbons (Fsp3) is 0.0455. The summed E-state index contributed by atoms with van der Waals surface area (Å²) in [7, 11) is 0. The highest BCUT2D eigenvalue weighted by atomic mass is 79.9. The minimum absolute atomic E-state index is 0.122. The second-order valence-corrected chi connectivity index (χ2v) is 6.97. The Morgan fingerprint density at radius 1 is 1.17 bits per heavy atom. The molecule has 0 atom stereocenters. The van der Waals surface area contributed by atoms with Gasteiger partial charge in [-0.15, -0.1) is 0 Å². The summed E-state index contributed by atoms with van der Waals surface area (Å²) in [5.74, 6) is -1.31. The second kappa shape index (κ2) is 9.76. The fourth-order valence-corrected chi connectivity index (χ4v) is 3.01. The van der Waals surface area contributed by atoms with Crippen molar-refractivity contribution in [1.82, 2.24) is 5.43 Å². The molecule has 3 aromatic rings. The van der Waals surface area contributed by atoms with E-state index in [9.17, 15) is 13.6 Å². The van der Waals surface area contributed by atoms with Gasteiger partial charge in [0.05, 0.1) is 27.9 Å². The molecule has 5 nitrogen and oxygen atoms in total. The van der Waals surface area contributed by atoms with Crippen LogP contribution in [0.15, 0.2) is 70.2 Å². The van der Waals surface area contributed by atoms with Gasteiger partial charge in [-0.2, -0.15) is 10.4 Å². The van der Waals surface area contributed by atoms with Crippen molar-refractivity contribution >= 4 is 28.1 Å². The van der Waals surface area contributed by atoms with Crippen LogP contribution in [0.3, 0.4) is 0 Å². The number of nitrogens with one attached hydrogen (secondary N) is 1. The predicted molar refractivity (Wildman–Crippen MR) is 111 cm³/mol. The van der Waals surface area contributed by atoms with Crippen LogP contribution in [0.2, 0.25) is 0 Å². The molecule has 8 heteroatoms. The van der Waals surface area contributed by atoms with E-state index in [2.05, 4.69) is 26.5 Å². The van der Waals surface area contributed by atoms with Crippen molar-refractivity contribution in [3.05, 3.63) is 99.0 Å². The maximum Gasteiger partial charge on any atom is 0.274 e. The van der Waals surface area contributed by atoms with Gasteiger partial charge in [-0.25, -0.2) is 14.2 Å². The number of carbonyl (C=O) groups is 1. The number of benzene rings is 3. The highest BCUT2D eigenvalue weighted by Crippen LogP contribution is 2.26. The van der Waals surface area contributed by atoms with Crippen molar-refractivity contribution in [1.29, 1.82) is 5.26 Å². The Balaban J connectivity index is 1.60. The molecule has 3 rings (SSSR count). The largest absolute Gasteiger partial charge is 0.488 e. The SMILES string of the molecule is N#Cc1ccc(C(=O)N/N=C\c2ccc(OCc3cccc(F)c3)c(Br)c2)c(F)c1. The summed E-state index contributed by atoms with van der Waals surface area (Å²) >= 11 is 3.39. The van der Waals surface area contributed by atoms with Gasteiger partial charge in [0.1, 0.15) is 24.0 Å². The molecule has 0 spiro atoms. The summed E-state index contributed by atoms with van der Waals surface area (Å²) in [4.78, 5) is 12.0. The zero-order valence-corrected chi connectivity index (χ0v) is 17.0. The van der Waals surface area contributed by atoms with Gasteiger partial charge in [0, 0.05) is 0 Å². The quantitative estimate of drug-likeness (QED) is 0.410. The molecular formula is C22H14BrF2N3O2. The van der Waals surface area contributed by atoms with E-state index >= 15 is 0 Å². The summed E-state index contributed by atoms with van der Waals surface area (Å²) in [6.45, 7) is 0.204. The average molecular weight is 470 g/mol. The molecule has 1 N–H and O–H groups in total. The zero-order valence-electron chi connectivity index (χ0n) is 15.4. The molecule has 0 saturated heterocycles. The van der Waals surface area contributed by atoms with E-state index in [0.29, 0.717) is 21.3 Å². The summed E-state index contributed by atoms with van der Waals surface area (Å²) in [5, 5.41) is 12.6. The van der Waals surface area contributed by atoms with Crippen LogP contribution in [0.1, 0.15) is 27.0 Å². The van der Waals surface area contributed by atoms with Crippen molar-refractivity contribution in [2.75, 3.05) is 0 Å². The first-order chi connectivity index (χ1) is 14.5. The molecule has 0 fully saturated rings. The van der Waals surface area contributed by atoms with Crippen LogP contribution in [-0.2, 0) is 6.61 Å². The number of carbonyl (C=O) groups excluding carboxylic acids is 1. The number of rotatable bonds is 6. The highest BCUT2D eigenvalue weighted by molar-refractivity contribution is 9.10. The number of ether oxygens (including phenoxy) is 1. The lowest BCUT2D eigenvalue weighted by Gasteiger charge is -2.09. The lowest BCUT2D eigenvalue weighted by Crippen LogP contribution is -2.19. The molecular weight excluding hydrogens is 456 g/mol. The number of halogens is 3. The van der Waals surface area contributed by atoms with Crippen molar-refractivity contribution < 1.29 is 18.3 Å². The Morgan fingerprint density at radius 2 is 2.00 bits per heavy atom. The average Bonchev–Trinajstić information content (AvgIpc) is 2.73. The van der Waals surface area contributed by atoms with Gasteiger partial charge in [-0.1, -0.05) is 12.1 Å². The lowest BCUT2D eigenvalue weighted by atomic mass is 10.1. The minimum Gasteiger partial charge on any atom is -0.488 e. The molecule has 150 valence electrons. The van der Waals surface area contributed by atoms with E-state index in [0.717, 1.165) is 6.07 Å². The predicted octanol–water partition coefficient (Wildman–Crippen LogP) is 4.94. The Morgan fingerprint density at radius 3 is 2.70 bits per heavy atom. The van der Waals surface area contributed by atoms with Gasteiger partial charge in [-0.3, -0.25) is 4.79 Å². The van der Waals surface area contributed by atoms with E-state index in [1.54, 1.807) is 36.4 Å². The smallest absolute Gasteiger partial charge is 0.274 e. The van der Waals surface area contributed by atoms with Gasteiger partial charge in [0.25, 0.3) is 5.91 Å². The third kappa shape index (κ3) is 5.49. The Labute approximate surface area is 179 Å². The zero-order chi connectivity index (χ0) is 21.5. The standard InChI is InChI=1S/C22H14BrF2N3O2/c23-19-9-15(5-7-21(19)30-13-16-2-1-3-17(24)8-16)12-27-28-22(29)18-6-4-14(11-26)10-20(18)25/h1-10,12H,13H2,(H,28,29)/b27-12-. The van der Waals surface area contributed by atoms with Gasteiger partial charge in [0.2, 0.25) is 0 Å². The van der Waals surface area contributed by atoms with E-state index < -0.39 is 11.7 Å². The minimum atomic E-state index is -0.802. The first-order valence-electron chi connectivity index (χ1n) is 8.66. The van der Waals surface area contributed by atoms with Gasteiger partial charge in [0.15, 0.2) is 0 Å². The summed E-state index contributed by atoms with van der Waals surface area (Å²) in [5.41, 5.74) is 3.50. The molecule has 0 aliphatic carbocycles. The number of hydrogen-bond donors (Lipinski definition) is 1. The van der Waals surface area contributed by atoms with Crippen molar-refractivity contribution in [2.24, 2.45) is 5.10 Å². The van der Waals surface area contributed by atoms with E-state index in [4.69, 9.17) is 10.00 Å². The maximum atomic E-state index is 13.8. The third-order valence-corrected chi connectivity index (χ3v) is 4.58. The van der Waals surface area contributed by atoms with Crippen LogP contribution in [0, 0.1) is 23.0 Å². The van der Waals surface area contributed by atoms with E-state index in [1.165, 1.54) is 30.5 Å². The molecule has 0 aromatic heterocycles. The number of hydrogen-bond acceptors (Lipinski definition) is 4. The molecule has 1 amide bonds. The molecule has 0 heterocycles. The molecule has 30 heavy (non-hydrogen) atoms. The van der Waals surface area contributed by atoms with E-state index in [-0.39, 0.29) is 23.6 Å². The Kier molecular flexibility index (Phi) is 6.88. The Bertz CT molecular complexity index is 1160. The van der Waals surface area contributed by atoms with Crippen LogP contribution >= 0.6 is 15.9 Å². The summed E-state index contributed by atoms with van der Waals surface area (Å²) in [6.07, 6.45) is 1.39. The number of hydrazone groups is 1. The maximum absolute atomic E-state index is 13.8. The van der Waals surface area contributed by atoms with Crippen molar-refractivity contribution in [3.8, 4) is 11.8 Å². The van der Waals surface area contributed by atoms with E-state index in [1.807, 2.05) is 0 Å². The third-order valence-electron chi connectivity index (χ3n) is 3.96. The molecule has 0 saturated carbocycles. The monoisotopic (exact) mass is 469 g/mol. The summed E-state index contributed by atoms with van der Waals surface area (Å²) < 4.78 is 33.4. The number of nitrogens with zero attached hydrogens (tertiary/aromatic N) is 2. The van der Waals surface area contributed by atoms with Crippen LogP contribution in [0.25, 0.3) is 0 Å². The van der Waals surface area contributed by atoms with Crippen molar-refractivity contribution in [2.45, 2.75) is 6.61 Å². The van der Waals surface area contributed by atoms with Crippen LogP contribution in [-0.4, -0.2) is 12.1 Å². The molecule has 0 unspecified atom stereocenters. The Hall–Kier alpha value is -3.57. The topological polar surface area (TPSA) is 74.5 Å². The van der Waals surface area contributed by atoms with Gasteiger partial charge in [-0.05, 0) is 75.6 Å². The lowest BCUT2D eigenvalue weighted by molar-refractivity contribution is 0.0951. The molecule has 0 aliphatic rings. The molecule has 0 bridgehead atoms. The normalized spacial score (nSPS) is 10.6. The van der Waals surface area contributed by atoms with Crippen LogP contribution < -0.4 is 10.2 Å². The van der Waals surface area contributed by atoms with Crippen molar-refractivity contribution in [3.63, 3.8) is 0 Å². The number of nitriles is 1. The molecule has 0 radical (unpaired) electrons. The van der Waals surface area contributed by atoms with Gasteiger partial charge >= 0.3 is 0 Å². The second-order valence-electron chi connectivity index (χ2n) is 6.11. The van der Waals surface area contributed by atoms with Crippen LogP contribution in [0.4, 0.5) is 8.78 Å². The van der Waals surface area contributed by atoms with Gasteiger partial charge < -0.3 is 4.74 Å². The first kappa shape index (κ1) is 21.1. The van der Waals surface area contributed by atoms with Crippen LogP contribution in [0.5, 0.6) is 5.75 Å². The number of amides is 1.